The van der Waals surface area contributed by atoms with Crippen molar-refractivity contribution in [3.8, 4) is 0 Å². The van der Waals surface area contributed by atoms with Crippen LogP contribution in [-0.2, 0) is 27.2 Å². The van der Waals surface area contributed by atoms with Crippen LogP contribution >= 0.6 is 0 Å². The van der Waals surface area contributed by atoms with E-state index in [0.29, 0.717) is 51.2 Å². The first-order chi connectivity index (χ1) is 15.4. The monoisotopic (exact) mass is 443 g/mol. The number of piperidine rings is 1. The minimum atomic E-state index is -0.373. The SMILES string of the molecule is CCOC(=O)c1[nH]c(C)c(CCC(=O)N2CCC[C@@H](C(=O)NCCc3ccco3)C2)c1C. The van der Waals surface area contributed by atoms with E-state index in [0.717, 1.165) is 35.4 Å². The van der Waals surface area contributed by atoms with E-state index in [1.807, 2.05) is 26.0 Å². The molecule has 0 bridgehead atoms. The summed E-state index contributed by atoms with van der Waals surface area (Å²) in [5, 5.41) is 2.96. The Morgan fingerprint density at radius 2 is 2.09 bits per heavy atom. The van der Waals surface area contributed by atoms with Crippen molar-refractivity contribution >= 4 is 17.8 Å². The van der Waals surface area contributed by atoms with Crippen molar-refractivity contribution in [2.75, 3.05) is 26.2 Å². The van der Waals surface area contributed by atoms with Crippen molar-refractivity contribution in [1.29, 1.82) is 0 Å². The van der Waals surface area contributed by atoms with E-state index in [2.05, 4.69) is 10.3 Å². The number of likely N-dealkylation sites (tertiary alicyclic amines) is 1. The van der Waals surface area contributed by atoms with Crippen molar-refractivity contribution in [2.24, 2.45) is 5.92 Å². The Balaban J connectivity index is 1.50. The average Bonchev–Trinajstić information content (AvgIpc) is 3.40. The van der Waals surface area contributed by atoms with Gasteiger partial charge in [0.2, 0.25) is 11.8 Å². The van der Waals surface area contributed by atoms with E-state index in [-0.39, 0.29) is 23.7 Å². The number of H-pyrrole nitrogens is 1. The molecule has 1 saturated heterocycles. The molecule has 8 heteroatoms. The maximum absolute atomic E-state index is 12.9. The second kappa shape index (κ2) is 11.0. The fraction of sp³-hybridized carbons (Fsp3) is 0.542. The number of amides is 2. The average molecular weight is 444 g/mol. The fourth-order valence-electron chi connectivity index (χ4n) is 4.29. The van der Waals surface area contributed by atoms with Gasteiger partial charge in [-0.15, -0.1) is 0 Å². The fourth-order valence-corrected chi connectivity index (χ4v) is 4.29. The number of carbonyl (C=O) groups excluding carboxylic acids is 3. The Hall–Kier alpha value is -3.03. The molecule has 1 aliphatic rings. The highest BCUT2D eigenvalue weighted by molar-refractivity contribution is 5.90. The minimum absolute atomic E-state index is 0.00884. The van der Waals surface area contributed by atoms with E-state index in [1.165, 1.54) is 0 Å². The van der Waals surface area contributed by atoms with Gasteiger partial charge in [-0.25, -0.2) is 4.79 Å². The van der Waals surface area contributed by atoms with Gasteiger partial charge in [0.15, 0.2) is 0 Å². The number of nitrogens with zero attached hydrogens (tertiary/aromatic N) is 1. The first-order valence-electron chi connectivity index (χ1n) is 11.3. The molecule has 0 radical (unpaired) electrons. The molecule has 0 spiro atoms. The Labute approximate surface area is 188 Å². The number of aromatic nitrogens is 1. The molecule has 32 heavy (non-hydrogen) atoms. The Bertz CT molecular complexity index is 932. The van der Waals surface area contributed by atoms with E-state index in [9.17, 15) is 14.4 Å². The van der Waals surface area contributed by atoms with Crippen LogP contribution < -0.4 is 5.32 Å². The minimum Gasteiger partial charge on any atom is -0.469 e. The van der Waals surface area contributed by atoms with Gasteiger partial charge in [-0.1, -0.05) is 0 Å². The van der Waals surface area contributed by atoms with E-state index >= 15 is 0 Å². The molecule has 1 aliphatic heterocycles. The number of nitrogens with one attached hydrogen (secondary N) is 2. The van der Waals surface area contributed by atoms with Crippen LogP contribution in [0.2, 0.25) is 0 Å². The number of aryl methyl sites for hydroxylation is 1. The third-order valence-electron chi connectivity index (χ3n) is 6.06. The number of carbonyl (C=O) groups is 3. The molecule has 8 nitrogen and oxygen atoms in total. The number of esters is 1. The summed E-state index contributed by atoms with van der Waals surface area (Å²) in [7, 11) is 0. The van der Waals surface area contributed by atoms with Gasteiger partial charge in [-0.3, -0.25) is 9.59 Å². The summed E-state index contributed by atoms with van der Waals surface area (Å²) >= 11 is 0. The summed E-state index contributed by atoms with van der Waals surface area (Å²) in [6.45, 7) is 7.51. The van der Waals surface area contributed by atoms with Crippen LogP contribution in [0.15, 0.2) is 22.8 Å². The lowest BCUT2D eigenvalue weighted by Gasteiger charge is -2.32. The molecule has 3 rings (SSSR count). The van der Waals surface area contributed by atoms with Crippen molar-refractivity contribution in [3.05, 3.63) is 46.7 Å². The van der Waals surface area contributed by atoms with Gasteiger partial charge in [0, 0.05) is 38.2 Å². The summed E-state index contributed by atoms with van der Waals surface area (Å²) in [5.74, 6) is 0.312. The highest BCUT2D eigenvalue weighted by Gasteiger charge is 2.28. The van der Waals surface area contributed by atoms with Gasteiger partial charge in [0.05, 0.1) is 18.8 Å². The number of furan rings is 1. The second-order valence-electron chi connectivity index (χ2n) is 8.25. The summed E-state index contributed by atoms with van der Waals surface area (Å²) in [6, 6.07) is 3.71. The molecule has 2 aromatic heterocycles. The van der Waals surface area contributed by atoms with Crippen LogP contribution in [0.5, 0.6) is 0 Å². The van der Waals surface area contributed by atoms with Gasteiger partial charge in [0.25, 0.3) is 0 Å². The Morgan fingerprint density at radius 3 is 2.81 bits per heavy atom. The molecule has 0 aromatic carbocycles. The zero-order valence-corrected chi connectivity index (χ0v) is 19.2. The van der Waals surface area contributed by atoms with Crippen LogP contribution in [0.1, 0.15) is 59.3 Å². The summed E-state index contributed by atoms with van der Waals surface area (Å²) in [5.41, 5.74) is 3.15. The third-order valence-corrected chi connectivity index (χ3v) is 6.06. The van der Waals surface area contributed by atoms with Crippen molar-refractivity contribution < 1.29 is 23.5 Å². The molecule has 2 amide bonds. The highest BCUT2D eigenvalue weighted by atomic mass is 16.5. The van der Waals surface area contributed by atoms with Gasteiger partial charge in [-0.05, 0) is 63.3 Å². The van der Waals surface area contributed by atoms with Crippen LogP contribution in [0.3, 0.4) is 0 Å². The van der Waals surface area contributed by atoms with Gasteiger partial charge >= 0.3 is 5.97 Å². The van der Waals surface area contributed by atoms with Crippen LogP contribution in [0.25, 0.3) is 0 Å². The summed E-state index contributed by atoms with van der Waals surface area (Å²) < 4.78 is 10.4. The lowest BCUT2D eigenvalue weighted by molar-refractivity contribution is -0.135. The molecule has 1 atom stereocenters. The quantitative estimate of drug-likeness (QED) is 0.580. The summed E-state index contributed by atoms with van der Waals surface area (Å²) in [4.78, 5) is 42.4. The Kier molecular flexibility index (Phi) is 8.14. The van der Waals surface area contributed by atoms with Crippen LogP contribution in [0, 0.1) is 19.8 Å². The lowest BCUT2D eigenvalue weighted by atomic mass is 9.96. The predicted octanol–water partition coefficient (Wildman–Crippen LogP) is 2.93. The molecule has 1 fully saturated rings. The van der Waals surface area contributed by atoms with E-state index in [1.54, 1.807) is 18.1 Å². The van der Waals surface area contributed by atoms with E-state index < -0.39 is 0 Å². The zero-order chi connectivity index (χ0) is 23.1. The summed E-state index contributed by atoms with van der Waals surface area (Å²) in [6.07, 6.45) is 4.76. The molecule has 0 aliphatic carbocycles. The molecule has 2 aromatic rings. The molecule has 0 unspecified atom stereocenters. The zero-order valence-electron chi connectivity index (χ0n) is 19.2. The first-order valence-corrected chi connectivity index (χ1v) is 11.3. The number of hydrogen-bond donors (Lipinski definition) is 2. The lowest BCUT2D eigenvalue weighted by Crippen LogP contribution is -2.45. The van der Waals surface area contributed by atoms with Gasteiger partial charge < -0.3 is 24.4 Å². The van der Waals surface area contributed by atoms with Gasteiger partial charge in [-0.2, -0.15) is 0 Å². The number of aromatic amines is 1. The van der Waals surface area contributed by atoms with Crippen LogP contribution in [0.4, 0.5) is 0 Å². The van der Waals surface area contributed by atoms with Crippen LogP contribution in [-0.4, -0.2) is 53.9 Å². The molecular formula is C24H33N3O5. The van der Waals surface area contributed by atoms with Gasteiger partial charge in [0.1, 0.15) is 11.5 Å². The molecule has 0 saturated carbocycles. The second-order valence-corrected chi connectivity index (χ2v) is 8.25. The van der Waals surface area contributed by atoms with Crippen molar-refractivity contribution in [2.45, 2.75) is 52.9 Å². The molecule has 174 valence electrons. The normalized spacial score (nSPS) is 16.1. The molecular weight excluding hydrogens is 410 g/mol. The number of ether oxygens (including phenoxy) is 1. The first kappa shape index (κ1) is 23.6. The van der Waals surface area contributed by atoms with Crippen molar-refractivity contribution in [3.63, 3.8) is 0 Å². The predicted molar refractivity (Wildman–Crippen MR) is 119 cm³/mol. The standard InChI is InChI=1S/C24H33N3O5/c1-4-31-24(30)22-16(2)20(17(3)26-22)9-10-21(28)27-13-5-7-18(15-27)23(29)25-12-11-19-8-6-14-32-19/h6,8,14,18,26H,4-5,7,9-13,15H2,1-3H3,(H,25,29)/t18-/m1/s1. The molecule has 3 heterocycles. The molecule has 2 N–H and O–H groups in total. The highest BCUT2D eigenvalue weighted by Crippen LogP contribution is 2.22. The number of rotatable bonds is 9. The largest absolute Gasteiger partial charge is 0.469 e. The maximum atomic E-state index is 12.9. The number of hydrogen-bond acceptors (Lipinski definition) is 5. The van der Waals surface area contributed by atoms with E-state index in [4.69, 9.17) is 9.15 Å². The maximum Gasteiger partial charge on any atom is 0.355 e. The Morgan fingerprint density at radius 1 is 1.28 bits per heavy atom. The third kappa shape index (κ3) is 5.81. The smallest absolute Gasteiger partial charge is 0.355 e. The van der Waals surface area contributed by atoms with Crippen molar-refractivity contribution in [1.82, 2.24) is 15.2 Å². The topological polar surface area (TPSA) is 105 Å².